The molecule has 0 spiro atoms. The Morgan fingerprint density at radius 3 is 2.60 bits per heavy atom. The van der Waals surface area contributed by atoms with Crippen LogP contribution in [0, 0.1) is 0 Å². The summed E-state index contributed by atoms with van der Waals surface area (Å²) in [6.45, 7) is 1.65. The summed E-state index contributed by atoms with van der Waals surface area (Å²) in [4.78, 5) is 12.0. The number of carbonyl (C=O) groups is 1. The fourth-order valence-electron chi connectivity index (χ4n) is 1.59. The SMILES string of the molecule is CC(Oc1cccc(Cl)c1)C(=O)Nc1ccc(O)cc1. The van der Waals surface area contributed by atoms with Crippen molar-refractivity contribution in [3.8, 4) is 11.5 Å². The first-order valence-corrected chi connectivity index (χ1v) is 6.44. The molecule has 0 saturated heterocycles. The van der Waals surface area contributed by atoms with E-state index in [-0.39, 0.29) is 11.7 Å². The lowest BCUT2D eigenvalue weighted by Gasteiger charge is -2.14. The second-order valence-corrected chi connectivity index (χ2v) is 4.69. The summed E-state index contributed by atoms with van der Waals surface area (Å²) in [6.07, 6.45) is -0.665. The van der Waals surface area contributed by atoms with Crippen LogP contribution in [0.2, 0.25) is 5.02 Å². The number of halogens is 1. The smallest absolute Gasteiger partial charge is 0.265 e. The molecule has 20 heavy (non-hydrogen) atoms. The third kappa shape index (κ3) is 3.90. The topological polar surface area (TPSA) is 58.6 Å². The van der Waals surface area contributed by atoms with Crippen molar-refractivity contribution in [1.82, 2.24) is 0 Å². The maximum absolute atomic E-state index is 12.0. The minimum atomic E-state index is -0.665. The van der Waals surface area contributed by atoms with Gasteiger partial charge in [0.25, 0.3) is 5.91 Å². The molecule has 2 rings (SSSR count). The van der Waals surface area contributed by atoms with Crippen molar-refractivity contribution in [2.75, 3.05) is 5.32 Å². The van der Waals surface area contributed by atoms with E-state index in [9.17, 15) is 9.90 Å². The molecule has 1 atom stereocenters. The maximum Gasteiger partial charge on any atom is 0.265 e. The van der Waals surface area contributed by atoms with Crippen LogP contribution >= 0.6 is 11.6 Å². The van der Waals surface area contributed by atoms with Crippen molar-refractivity contribution in [2.24, 2.45) is 0 Å². The zero-order valence-electron chi connectivity index (χ0n) is 10.8. The van der Waals surface area contributed by atoms with Gasteiger partial charge in [0.2, 0.25) is 0 Å². The summed E-state index contributed by atoms with van der Waals surface area (Å²) in [5.74, 6) is 0.396. The van der Waals surface area contributed by atoms with Gasteiger partial charge in [-0.3, -0.25) is 4.79 Å². The summed E-state index contributed by atoms with van der Waals surface area (Å²) in [5, 5.41) is 12.4. The van der Waals surface area contributed by atoms with Gasteiger partial charge in [0.1, 0.15) is 11.5 Å². The van der Waals surface area contributed by atoms with Crippen molar-refractivity contribution in [1.29, 1.82) is 0 Å². The molecule has 0 bridgehead atoms. The Labute approximate surface area is 122 Å². The summed E-state index contributed by atoms with van der Waals surface area (Å²) >= 11 is 5.85. The Bertz CT molecular complexity index is 598. The van der Waals surface area contributed by atoms with Gasteiger partial charge in [-0.05, 0) is 49.4 Å². The highest BCUT2D eigenvalue weighted by atomic mass is 35.5. The predicted octanol–water partition coefficient (Wildman–Crippen LogP) is 3.45. The molecule has 1 amide bonds. The van der Waals surface area contributed by atoms with E-state index in [1.165, 1.54) is 12.1 Å². The van der Waals surface area contributed by atoms with Crippen LogP contribution < -0.4 is 10.1 Å². The molecule has 0 heterocycles. The predicted molar refractivity (Wildman–Crippen MR) is 78.3 cm³/mol. The molecular formula is C15H14ClNO3. The van der Waals surface area contributed by atoms with Crippen LogP contribution in [-0.2, 0) is 4.79 Å². The number of amides is 1. The van der Waals surface area contributed by atoms with E-state index in [1.807, 2.05) is 0 Å². The Morgan fingerprint density at radius 1 is 1.25 bits per heavy atom. The molecule has 2 aromatic carbocycles. The van der Waals surface area contributed by atoms with E-state index in [4.69, 9.17) is 16.3 Å². The molecule has 5 heteroatoms. The highest BCUT2D eigenvalue weighted by Crippen LogP contribution is 2.19. The largest absolute Gasteiger partial charge is 0.508 e. The van der Waals surface area contributed by atoms with Gasteiger partial charge in [0.15, 0.2) is 6.10 Å². The molecule has 0 aromatic heterocycles. The van der Waals surface area contributed by atoms with Crippen molar-refractivity contribution < 1.29 is 14.6 Å². The molecular weight excluding hydrogens is 278 g/mol. The van der Waals surface area contributed by atoms with Gasteiger partial charge < -0.3 is 15.2 Å². The lowest BCUT2D eigenvalue weighted by molar-refractivity contribution is -0.122. The van der Waals surface area contributed by atoms with E-state index >= 15 is 0 Å². The van der Waals surface area contributed by atoms with E-state index in [0.717, 1.165) is 0 Å². The van der Waals surface area contributed by atoms with Crippen LogP contribution in [0.5, 0.6) is 11.5 Å². The van der Waals surface area contributed by atoms with Gasteiger partial charge in [-0.15, -0.1) is 0 Å². The number of benzene rings is 2. The zero-order valence-corrected chi connectivity index (χ0v) is 11.6. The molecule has 1 unspecified atom stereocenters. The minimum Gasteiger partial charge on any atom is -0.508 e. The van der Waals surface area contributed by atoms with Gasteiger partial charge in [-0.25, -0.2) is 0 Å². The summed E-state index contributed by atoms with van der Waals surface area (Å²) in [5.41, 5.74) is 0.592. The number of phenols is 1. The monoisotopic (exact) mass is 291 g/mol. The van der Waals surface area contributed by atoms with Gasteiger partial charge >= 0.3 is 0 Å². The number of aromatic hydroxyl groups is 1. The van der Waals surface area contributed by atoms with E-state index in [1.54, 1.807) is 43.3 Å². The maximum atomic E-state index is 12.0. The first-order valence-electron chi connectivity index (χ1n) is 6.07. The molecule has 0 saturated carbocycles. The Kier molecular flexibility index (Phi) is 4.48. The molecule has 0 aliphatic heterocycles. The van der Waals surface area contributed by atoms with Gasteiger partial charge in [0.05, 0.1) is 0 Å². The second-order valence-electron chi connectivity index (χ2n) is 4.25. The van der Waals surface area contributed by atoms with E-state index < -0.39 is 6.10 Å². The van der Waals surface area contributed by atoms with Crippen LogP contribution in [0.25, 0.3) is 0 Å². The van der Waals surface area contributed by atoms with Crippen LogP contribution in [0.1, 0.15) is 6.92 Å². The molecule has 4 nitrogen and oxygen atoms in total. The molecule has 0 radical (unpaired) electrons. The third-order valence-corrected chi connectivity index (χ3v) is 2.85. The van der Waals surface area contributed by atoms with E-state index in [0.29, 0.717) is 16.5 Å². The lowest BCUT2D eigenvalue weighted by Crippen LogP contribution is -2.30. The average molecular weight is 292 g/mol. The van der Waals surface area contributed by atoms with Crippen molar-refractivity contribution in [2.45, 2.75) is 13.0 Å². The van der Waals surface area contributed by atoms with Gasteiger partial charge in [-0.2, -0.15) is 0 Å². The Balaban J connectivity index is 1.96. The molecule has 0 aliphatic carbocycles. The highest BCUT2D eigenvalue weighted by molar-refractivity contribution is 6.30. The first kappa shape index (κ1) is 14.2. The van der Waals surface area contributed by atoms with Crippen molar-refractivity contribution in [3.63, 3.8) is 0 Å². The molecule has 0 fully saturated rings. The number of nitrogens with one attached hydrogen (secondary N) is 1. The van der Waals surface area contributed by atoms with Crippen molar-refractivity contribution >= 4 is 23.2 Å². The van der Waals surface area contributed by atoms with Crippen LogP contribution in [0.3, 0.4) is 0 Å². The Hall–Kier alpha value is -2.20. The summed E-state index contributed by atoms with van der Waals surface area (Å²) < 4.78 is 5.51. The number of phenolic OH excluding ortho intramolecular Hbond substituents is 1. The third-order valence-electron chi connectivity index (χ3n) is 2.61. The highest BCUT2D eigenvalue weighted by Gasteiger charge is 2.14. The summed E-state index contributed by atoms with van der Waals surface area (Å²) in [6, 6.07) is 13.1. The molecule has 2 N–H and O–H groups in total. The van der Waals surface area contributed by atoms with Crippen LogP contribution in [0.4, 0.5) is 5.69 Å². The number of rotatable bonds is 4. The van der Waals surface area contributed by atoms with Gasteiger partial charge in [-0.1, -0.05) is 17.7 Å². The summed E-state index contributed by atoms with van der Waals surface area (Å²) in [7, 11) is 0. The first-order chi connectivity index (χ1) is 9.54. The average Bonchev–Trinajstić information content (AvgIpc) is 2.41. The van der Waals surface area contributed by atoms with Gasteiger partial charge in [0, 0.05) is 10.7 Å². The van der Waals surface area contributed by atoms with E-state index in [2.05, 4.69) is 5.32 Å². The standard InChI is InChI=1S/C15H14ClNO3/c1-10(20-14-4-2-3-11(16)9-14)15(19)17-12-5-7-13(18)8-6-12/h2-10,18H,1H3,(H,17,19). The number of hydrogen-bond donors (Lipinski definition) is 2. The fraction of sp³-hybridized carbons (Fsp3) is 0.133. The normalized spacial score (nSPS) is 11.7. The zero-order chi connectivity index (χ0) is 14.5. The quantitative estimate of drug-likeness (QED) is 0.848. The van der Waals surface area contributed by atoms with Crippen molar-refractivity contribution in [3.05, 3.63) is 53.6 Å². The molecule has 2 aromatic rings. The second kappa shape index (κ2) is 6.30. The number of ether oxygens (including phenoxy) is 1. The number of hydrogen-bond acceptors (Lipinski definition) is 3. The fourth-order valence-corrected chi connectivity index (χ4v) is 1.77. The molecule has 0 aliphatic rings. The van der Waals surface area contributed by atoms with Crippen LogP contribution in [-0.4, -0.2) is 17.1 Å². The molecule has 104 valence electrons. The lowest BCUT2D eigenvalue weighted by atomic mass is 10.3. The minimum absolute atomic E-state index is 0.145. The number of carbonyl (C=O) groups excluding carboxylic acids is 1. The number of anilines is 1. The van der Waals surface area contributed by atoms with Crippen LogP contribution in [0.15, 0.2) is 48.5 Å². The Morgan fingerprint density at radius 2 is 1.95 bits per heavy atom.